The molecule has 4 nitrogen and oxygen atoms in total. The molecule has 1 heterocycles. The van der Waals surface area contributed by atoms with Gasteiger partial charge in [-0.1, -0.05) is 32.0 Å². The molecule has 2 atom stereocenters. The summed E-state index contributed by atoms with van der Waals surface area (Å²) in [5.41, 5.74) is 3.08. The minimum Gasteiger partial charge on any atom is -0.385 e. The summed E-state index contributed by atoms with van der Waals surface area (Å²) >= 11 is 0. The molecule has 0 aromatic heterocycles. The molecule has 7 heteroatoms. The highest BCUT2D eigenvalue weighted by atomic mass is 19.4. The summed E-state index contributed by atoms with van der Waals surface area (Å²) in [5, 5.41) is 11.0. The van der Waals surface area contributed by atoms with Crippen molar-refractivity contribution < 1.29 is 23.1 Å². The molecule has 0 radical (unpaired) electrons. The fourth-order valence-electron chi connectivity index (χ4n) is 4.88. The third-order valence-electron chi connectivity index (χ3n) is 6.73. The summed E-state index contributed by atoms with van der Waals surface area (Å²) < 4.78 is 40.1. The Morgan fingerprint density at radius 2 is 1.82 bits per heavy atom. The molecule has 1 aliphatic heterocycles. The van der Waals surface area contributed by atoms with Crippen LogP contribution < -0.4 is 5.73 Å². The van der Waals surface area contributed by atoms with Gasteiger partial charge in [-0.05, 0) is 49.7 Å². The van der Waals surface area contributed by atoms with Crippen molar-refractivity contribution in [1.29, 1.82) is 0 Å². The van der Waals surface area contributed by atoms with Crippen LogP contribution in [0.5, 0.6) is 0 Å². The van der Waals surface area contributed by atoms with Gasteiger partial charge in [0, 0.05) is 19.1 Å². The van der Waals surface area contributed by atoms with Gasteiger partial charge < -0.3 is 15.7 Å². The molecule has 2 fully saturated rings. The first-order valence-corrected chi connectivity index (χ1v) is 9.94. The van der Waals surface area contributed by atoms with Gasteiger partial charge in [-0.3, -0.25) is 4.79 Å². The first-order chi connectivity index (χ1) is 13.0. The van der Waals surface area contributed by atoms with Crippen molar-refractivity contribution >= 4 is 5.91 Å². The van der Waals surface area contributed by atoms with Crippen LogP contribution in [-0.2, 0) is 16.6 Å². The summed E-state index contributed by atoms with van der Waals surface area (Å²) in [6.45, 7) is 4.53. The molecule has 1 aromatic rings. The second-order valence-electron chi connectivity index (χ2n) is 8.68. The zero-order valence-electron chi connectivity index (χ0n) is 16.4. The van der Waals surface area contributed by atoms with E-state index in [-0.39, 0.29) is 49.4 Å². The first kappa shape index (κ1) is 21.1. The van der Waals surface area contributed by atoms with Crippen LogP contribution in [-0.4, -0.2) is 35.0 Å². The summed E-state index contributed by atoms with van der Waals surface area (Å²) in [7, 11) is 0. The number of piperidine rings is 1. The maximum Gasteiger partial charge on any atom is 0.416 e. The van der Waals surface area contributed by atoms with Gasteiger partial charge in [0.05, 0.1) is 16.6 Å². The summed E-state index contributed by atoms with van der Waals surface area (Å²) in [5.74, 6) is 0.168. The Morgan fingerprint density at radius 3 is 2.32 bits per heavy atom. The summed E-state index contributed by atoms with van der Waals surface area (Å²) in [6, 6.07) is 5.18. The van der Waals surface area contributed by atoms with Crippen LogP contribution in [0.3, 0.4) is 0 Å². The number of carbonyl (C=O) groups excluding carboxylic acids is 1. The number of benzene rings is 1. The van der Waals surface area contributed by atoms with Crippen LogP contribution in [0.2, 0.25) is 0 Å². The van der Waals surface area contributed by atoms with Gasteiger partial charge in [0.25, 0.3) is 0 Å². The summed E-state index contributed by atoms with van der Waals surface area (Å²) in [4.78, 5) is 15.0. The maximum absolute atomic E-state index is 13.4. The van der Waals surface area contributed by atoms with E-state index >= 15 is 0 Å². The lowest BCUT2D eigenvalue weighted by Crippen LogP contribution is -2.52. The van der Waals surface area contributed by atoms with Crippen molar-refractivity contribution in [1.82, 2.24) is 4.90 Å². The van der Waals surface area contributed by atoms with Gasteiger partial charge in [0.2, 0.25) is 5.91 Å². The van der Waals surface area contributed by atoms with Gasteiger partial charge in [-0.15, -0.1) is 0 Å². The molecule has 0 spiro atoms. The molecular weight excluding hydrogens is 369 g/mol. The van der Waals surface area contributed by atoms with E-state index < -0.39 is 22.8 Å². The number of likely N-dealkylation sites (tertiary alicyclic amines) is 1. The largest absolute Gasteiger partial charge is 0.416 e. The third kappa shape index (κ3) is 3.66. The second kappa shape index (κ2) is 7.34. The van der Waals surface area contributed by atoms with Crippen LogP contribution in [0, 0.1) is 11.3 Å². The van der Waals surface area contributed by atoms with E-state index in [1.807, 2.05) is 13.8 Å². The number of nitrogens with two attached hydrogens (primary N) is 1. The van der Waals surface area contributed by atoms with Crippen molar-refractivity contribution in [3.8, 4) is 0 Å². The quantitative estimate of drug-likeness (QED) is 0.817. The Bertz CT molecular complexity index is 727. The number of hydrogen-bond donors (Lipinski definition) is 2. The molecule has 1 saturated heterocycles. The van der Waals surface area contributed by atoms with E-state index in [9.17, 15) is 23.1 Å². The van der Waals surface area contributed by atoms with Crippen molar-refractivity contribution in [2.75, 3.05) is 13.1 Å². The SMILES string of the molecule is CC(C)C1(C(=O)N2CCC(O)(c3ccccc3C(F)(F)F)CC2)CC[C@@H](N)C1. The predicted octanol–water partition coefficient (Wildman–Crippen LogP) is 3.67. The van der Waals surface area contributed by atoms with Crippen LogP contribution in [0.25, 0.3) is 0 Å². The van der Waals surface area contributed by atoms with Gasteiger partial charge in [-0.25, -0.2) is 0 Å². The van der Waals surface area contributed by atoms with Crippen LogP contribution in [0.15, 0.2) is 24.3 Å². The summed E-state index contributed by atoms with van der Waals surface area (Å²) in [6.07, 6.45) is -2.16. The van der Waals surface area contributed by atoms with E-state index in [0.717, 1.165) is 18.9 Å². The molecule has 2 aliphatic rings. The lowest BCUT2D eigenvalue weighted by Gasteiger charge is -2.44. The highest BCUT2D eigenvalue weighted by Gasteiger charge is 2.50. The zero-order chi connectivity index (χ0) is 20.7. The number of aliphatic hydroxyl groups is 1. The standard InChI is InChI=1S/C21H29F3N2O2/c1-14(2)19(8-7-15(25)13-19)18(27)26-11-9-20(28,10-12-26)16-5-3-4-6-17(16)21(22,23)24/h3-6,14-15,28H,7-13,25H2,1-2H3/t15-,19?/m1/s1. The molecule has 28 heavy (non-hydrogen) atoms. The van der Waals surface area contributed by atoms with E-state index in [1.165, 1.54) is 18.2 Å². The monoisotopic (exact) mass is 398 g/mol. The molecule has 1 aliphatic carbocycles. The minimum absolute atomic E-state index is 0.00624. The van der Waals surface area contributed by atoms with E-state index in [2.05, 4.69) is 0 Å². The molecule has 3 rings (SSSR count). The Labute approximate surface area is 163 Å². The highest BCUT2D eigenvalue weighted by molar-refractivity contribution is 5.83. The molecule has 156 valence electrons. The maximum atomic E-state index is 13.4. The Morgan fingerprint density at radius 1 is 1.21 bits per heavy atom. The molecule has 1 aromatic carbocycles. The van der Waals surface area contributed by atoms with Gasteiger partial charge in [-0.2, -0.15) is 13.2 Å². The number of alkyl halides is 3. The van der Waals surface area contributed by atoms with Crippen molar-refractivity contribution in [2.24, 2.45) is 17.1 Å². The van der Waals surface area contributed by atoms with E-state index in [1.54, 1.807) is 4.90 Å². The molecule has 0 bridgehead atoms. The third-order valence-corrected chi connectivity index (χ3v) is 6.73. The molecule has 1 amide bonds. The van der Waals surface area contributed by atoms with Crippen LogP contribution >= 0.6 is 0 Å². The molecular formula is C21H29F3N2O2. The highest BCUT2D eigenvalue weighted by Crippen LogP contribution is 2.47. The number of hydrogen-bond acceptors (Lipinski definition) is 3. The van der Waals surface area contributed by atoms with E-state index in [0.29, 0.717) is 6.42 Å². The normalized spacial score (nSPS) is 28.0. The topological polar surface area (TPSA) is 66.6 Å². The smallest absolute Gasteiger partial charge is 0.385 e. The zero-order valence-corrected chi connectivity index (χ0v) is 16.4. The Hall–Kier alpha value is -1.60. The minimum atomic E-state index is -4.53. The van der Waals surface area contributed by atoms with Crippen molar-refractivity contribution in [3.05, 3.63) is 35.4 Å². The first-order valence-electron chi connectivity index (χ1n) is 9.94. The lowest BCUT2D eigenvalue weighted by atomic mass is 9.73. The molecule has 3 N–H and O–H groups in total. The van der Waals surface area contributed by atoms with Crippen molar-refractivity contribution in [3.63, 3.8) is 0 Å². The number of halogens is 3. The fourth-order valence-corrected chi connectivity index (χ4v) is 4.88. The lowest BCUT2D eigenvalue weighted by molar-refractivity contribution is -0.151. The van der Waals surface area contributed by atoms with Crippen LogP contribution in [0.1, 0.15) is 57.1 Å². The van der Waals surface area contributed by atoms with E-state index in [4.69, 9.17) is 5.73 Å². The predicted molar refractivity (Wildman–Crippen MR) is 100 cm³/mol. The van der Waals surface area contributed by atoms with Crippen LogP contribution in [0.4, 0.5) is 13.2 Å². The number of amides is 1. The number of nitrogens with zero attached hydrogens (tertiary/aromatic N) is 1. The second-order valence-corrected chi connectivity index (χ2v) is 8.68. The fraction of sp³-hybridized carbons (Fsp3) is 0.667. The molecule has 1 saturated carbocycles. The average molecular weight is 398 g/mol. The van der Waals surface area contributed by atoms with Crippen molar-refractivity contribution in [2.45, 2.75) is 63.8 Å². The number of carbonyl (C=O) groups is 1. The van der Waals surface area contributed by atoms with Gasteiger partial charge in [0.15, 0.2) is 0 Å². The molecule has 1 unspecified atom stereocenters. The van der Waals surface area contributed by atoms with Gasteiger partial charge >= 0.3 is 6.18 Å². The Balaban J connectivity index is 1.79. The Kier molecular flexibility index (Phi) is 5.53. The average Bonchev–Trinajstić information content (AvgIpc) is 3.04. The number of rotatable bonds is 3. The van der Waals surface area contributed by atoms with Gasteiger partial charge in [0.1, 0.15) is 0 Å².